The normalized spacial score (nSPS) is 11.2. The predicted molar refractivity (Wildman–Crippen MR) is 120 cm³/mol. The van der Waals surface area contributed by atoms with Gasteiger partial charge in [0.1, 0.15) is 11.5 Å². The number of anilines is 2. The summed E-state index contributed by atoms with van der Waals surface area (Å²) in [5.41, 5.74) is 5.30. The first-order chi connectivity index (χ1) is 15.1. The summed E-state index contributed by atoms with van der Waals surface area (Å²) in [6.07, 6.45) is 3.50. The quantitative estimate of drug-likeness (QED) is 0.377. The molecule has 0 aliphatic carbocycles. The maximum atomic E-state index is 13.3. The number of fused-ring (bicyclic) bond motifs is 2. The molecule has 0 aliphatic heterocycles. The Kier molecular flexibility index (Phi) is 4.76. The average molecular weight is 435 g/mol. The van der Waals surface area contributed by atoms with E-state index < -0.39 is 0 Å². The van der Waals surface area contributed by atoms with Crippen molar-refractivity contribution in [2.24, 2.45) is 0 Å². The number of nitrogens with zero attached hydrogens (tertiary/aromatic N) is 3. The second kappa shape index (κ2) is 7.73. The summed E-state index contributed by atoms with van der Waals surface area (Å²) in [4.78, 5) is 25.3. The number of pyridine rings is 1. The summed E-state index contributed by atoms with van der Waals surface area (Å²) < 4.78 is 14.6. The van der Waals surface area contributed by atoms with Gasteiger partial charge >= 0.3 is 0 Å². The molecule has 0 saturated heterocycles. The largest absolute Gasteiger partial charge is 0.377 e. The van der Waals surface area contributed by atoms with Gasteiger partial charge in [0.25, 0.3) is 5.56 Å². The van der Waals surface area contributed by atoms with Crippen molar-refractivity contribution in [3.63, 3.8) is 0 Å². The summed E-state index contributed by atoms with van der Waals surface area (Å²) in [6.45, 7) is 0.246. The second-order valence-electron chi connectivity index (χ2n) is 6.87. The minimum absolute atomic E-state index is 0.246. The van der Waals surface area contributed by atoms with Gasteiger partial charge in [-0.15, -0.1) is 0 Å². The Labute approximate surface area is 180 Å². The maximum absolute atomic E-state index is 13.3. The highest BCUT2D eigenvalue weighted by molar-refractivity contribution is 6.35. The van der Waals surface area contributed by atoms with Crippen LogP contribution in [0, 0.1) is 5.82 Å². The van der Waals surface area contributed by atoms with E-state index >= 15 is 0 Å². The molecule has 0 saturated carbocycles. The molecule has 3 N–H and O–H groups in total. The monoisotopic (exact) mass is 434 g/mol. The van der Waals surface area contributed by atoms with Crippen molar-refractivity contribution in [1.29, 1.82) is 0 Å². The molecule has 5 aromatic rings. The van der Waals surface area contributed by atoms with Crippen LogP contribution in [-0.2, 0) is 6.54 Å². The molecule has 7 nitrogen and oxygen atoms in total. The molecule has 0 atom stereocenters. The number of hydrogen-bond acceptors (Lipinski definition) is 5. The van der Waals surface area contributed by atoms with Crippen molar-refractivity contribution in [3.05, 3.63) is 94.0 Å². The number of benzene rings is 2. The summed E-state index contributed by atoms with van der Waals surface area (Å²) in [7, 11) is 0. The molecule has 3 heterocycles. The molecule has 0 fully saturated rings. The maximum Gasteiger partial charge on any atom is 0.281 e. The van der Waals surface area contributed by atoms with E-state index in [9.17, 15) is 9.18 Å². The van der Waals surface area contributed by atoms with Gasteiger partial charge in [-0.3, -0.25) is 10.2 Å². The first-order valence-corrected chi connectivity index (χ1v) is 9.87. The Morgan fingerprint density at radius 2 is 1.94 bits per heavy atom. The third-order valence-corrected chi connectivity index (χ3v) is 5.21. The molecule has 0 radical (unpaired) electrons. The fourth-order valence-corrected chi connectivity index (χ4v) is 3.66. The van der Waals surface area contributed by atoms with Gasteiger partial charge in [-0.1, -0.05) is 17.7 Å². The lowest BCUT2D eigenvalue weighted by molar-refractivity contribution is 0.628. The molecule has 9 heteroatoms. The number of halogens is 2. The smallest absolute Gasteiger partial charge is 0.281 e. The molecule has 2 aromatic carbocycles. The van der Waals surface area contributed by atoms with E-state index in [1.807, 2.05) is 18.3 Å². The lowest BCUT2D eigenvalue weighted by Gasteiger charge is -2.17. The van der Waals surface area contributed by atoms with Gasteiger partial charge in [0.05, 0.1) is 28.2 Å². The van der Waals surface area contributed by atoms with E-state index in [1.165, 1.54) is 16.8 Å². The molecule has 154 valence electrons. The van der Waals surface area contributed by atoms with Gasteiger partial charge in [0.2, 0.25) is 0 Å². The van der Waals surface area contributed by atoms with E-state index in [4.69, 9.17) is 11.6 Å². The molecule has 0 amide bonds. The lowest BCUT2D eigenvalue weighted by Crippen LogP contribution is -2.32. The zero-order valence-corrected chi connectivity index (χ0v) is 16.8. The fourth-order valence-electron chi connectivity index (χ4n) is 3.41. The van der Waals surface area contributed by atoms with E-state index in [1.54, 1.807) is 36.5 Å². The first-order valence-electron chi connectivity index (χ1n) is 9.49. The van der Waals surface area contributed by atoms with Gasteiger partial charge in [-0.2, -0.15) is 0 Å². The first kappa shape index (κ1) is 19.1. The van der Waals surface area contributed by atoms with Gasteiger partial charge in [0, 0.05) is 23.5 Å². The minimum atomic E-state index is -0.368. The summed E-state index contributed by atoms with van der Waals surface area (Å²) in [5, 5.41) is 4.86. The number of rotatable bonds is 5. The van der Waals surface area contributed by atoms with Crippen LogP contribution in [0.4, 0.5) is 15.8 Å². The number of H-pyrrole nitrogens is 1. The van der Waals surface area contributed by atoms with Crippen molar-refractivity contribution in [3.8, 4) is 0 Å². The highest BCUT2D eigenvalue weighted by Crippen LogP contribution is 2.22. The van der Waals surface area contributed by atoms with Gasteiger partial charge < -0.3 is 10.3 Å². The number of aromatic amines is 1. The van der Waals surface area contributed by atoms with Crippen LogP contribution in [0.2, 0.25) is 5.02 Å². The Morgan fingerprint density at radius 1 is 1.10 bits per heavy atom. The SMILES string of the molecule is O=c1c2c(Cl)cccc2nc(CNc2ccnc3[nH]ccc23)n1Nc1ccc(F)cc1. The van der Waals surface area contributed by atoms with Crippen molar-refractivity contribution in [2.45, 2.75) is 6.54 Å². The molecular weight excluding hydrogens is 419 g/mol. The van der Waals surface area contributed by atoms with Crippen molar-refractivity contribution >= 4 is 44.9 Å². The van der Waals surface area contributed by atoms with Crippen LogP contribution in [-0.4, -0.2) is 19.6 Å². The van der Waals surface area contributed by atoms with E-state index in [-0.39, 0.29) is 17.9 Å². The number of aromatic nitrogens is 4. The zero-order chi connectivity index (χ0) is 21.4. The van der Waals surface area contributed by atoms with Crippen LogP contribution in [0.25, 0.3) is 21.9 Å². The predicted octanol–water partition coefficient (Wildman–Crippen LogP) is 4.55. The minimum Gasteiger partial charge on any atom is -0.377 e. The Morgan fingerprint density at radius 3 is 2.77 bits per heavy atom. The van der Waals surface area contributed by atoms with Crippen LogP contribution in [0.3, 0.4) is 0 Å². The fraction of sp³-hybridized carbons (Fsp3) is 0.0455. The molecule has 0 bridgehead atoms. The third kappa shape index (κ3) is 3.57. The topological polar surface area (TPSA) is 87.6 Å². The molecule has 3 aromatic heterocycles. The zero-order valence-electron chi connectivity index (χ0n) is 16.1. The van der Waals surface area contributed by atoms with Crippen LogP contribution in [0.1, 0.15) is 5.82 Å². The van der Waals surface area contributed by atoms with Crippen LogP contribution >= 0.6 is 11.6 Å². The second-order valence-corrected chi connectivity index (χ2v) is 7.28. The van der Waals surface area contributed by atoms with Crippen molar-refractivity contribution in [2.75, 3.05) is 10.7 Å². The van der Waals surface area contributed by atoms with Crippen LogP contribution < -0.4 is 16.3 Å². The van der Waals surface area contributed by atoms with Crippen molar-refractivity contribution in [1.82, 2.24) is 19.6 Å². The Hall–Kier alpha value is -3.91. The molecule has 0 unspecified atom stereocenters. The van der Waals surface area contributed by atoms with Gasteiger partial charge in [-0.25, -0.2) is 19.0 Å². The van der Waals surface area contributed by atoms with Gasteiger partial charge in [0.15, 0.2) is 5.82 Å². The molecule has 31 heavy (non-hydrogen) atoms. The third-order valence-electron chi connectivity index (χ3n) is 4.90. The highest BCUT2D eigenvalue weighted by atomic mass is 35.5. The molecular formula is C22H16ClFN6O. The molecule has 0 aliphatic rings. The number of nitrogens with one attached hydrogen (secondary N) is 3. The van der Waals surface area contributed by atoms with E-state index in [2.05, 4.69) is 25.7 Å². The summed E-state index contributed by atoms with van der Waals surface area (Å²) in [6, 6.07) is 14.6. The van der Waals surface area contributed by atoms with Crippen LogP contribution in [0.15, 0.2) is 71.8 Å². The van der Waals surface area contributed by atoms with E-state index in [0.717, 1.165) is 16.7 Å². The average Bonchev–Trinajstić information content (AvgIpc) is 3.25. The van der Waals surface area contributed by atoms with Crippen molar-refractivity contribution < 1.29 is 4.39 Å². The van der Waals surface area contributed by atoms with E-state index in [0.29, 0.717) is 27.4 Å². The Bertz CT molecular complexity index is 1460. The standard InChI is InChI=1S/C22H16ClFN6O/c23-16-2-1-3-18-20(16)22(31)30(29-14-6-4-13(24)5-7-14)19(28-18)12-27-17-9-11-26-21-15(17)8-10-25-21/h1-11,29H,12H2,(H2,25,26,27). The summed E-state index contributed by atoms with van der Waals surface area (Å²) >= 11 is 6.28. The van der Waals surface area contributed by atoms with Gasteiger partial charge in [-0.05, 0) is 48.5 Å². The molecule has 5 rings (SSSR count). The number of hydrogen-bond donors (Lipinski definition) is 3. The van der Waals surface area contributed by atoms with Crippen LogP contribution in [0.5, 0.6) is 0 Å². The lowest BCUT2D eigenvalue weighted by atomic mass is 10.2. The summed E-state index contributed by atoms with van der Waals surface area (Å²) in [5.74, 6) is 0.0669. The Balaban J connectivity index is 1.59. The highest BCUT2D eigenvalue weighted by Gasteiger charge is 2.14. The molecule has 0 spiro atoms.